The molecule has 0 aromatic carbocycles. The van der Waals surface area contributed by atoms with Crippen LogP contribution in [0.3, 0.4) is 0 Å². The van der Waals surface area contributed by atoms with Gasteiger partial charge in [0.1, 0.15) is 0 Å². The van der Waals surface area contributed by atoms with Crippen LogP contribution in [0.1, 0.15) is 23.3 Å². The van der Waals surface area contributed by atoms with Crippen LogP contribution in [-0.4, -0.2) is 46.9 Å². The summed E-state index contributed by atoms with van der Waals surface area (Å²) in [6.45, 7) is 0.0923. The van der Waals surface area contributed by atoms with Crippen molar-refractivity contribution in [1.82, 2.24) is 14.8 Å². The summed E-state index contributed by atoms with van der Waals surface area (Å²) >= 11 is 0. The van der Waals surface area contributed by atoms with Gasteiger partial charge in [-0.15, -0.1) is 0 Å². The maximum absolute atomic E-state index is 14.3. The summed E-state index contributed by atoms with van der Waals surface area (Å²) in [6.07, 6.45) is 2.21. The van der Waals surface area contributed by atoms with Crippen LogP contribution in [0.2, 0.25) is 0 Å². The van der Waals surface area contributed by atoms with Crippen LogP contribution in [-0.2, 0) is 4.74 Å². The molecule has 0 aliphatic carbocycles. The first-order valence-electron chi connectivity index (χ1n) is 7.32. The molecule has 0 N–H and O–H groups in total. The topological polar surface area (TPSA) is 60.3 Å². The summed E-state index contributed by atoms with van der Waals surface area (Å²) in [7, 11) is 1.24. The van der Waals surface area contributed by atoms with E-state index in [1.54, 1.807) is 0 Å². The number of carbonyl (C=O) groups is 1. The van der Waals surface area contributed by atoms with Crippen molar-refractivity contribution in [3.63, 3.8) is 0 Å². The average molecular weight is 340 g/mol. The number of piperidine rings is 1. The number of nitrogens with zero attached hydrogens (tertiary/aromatic N) is 4. The molecule has 24 heavy (non-hydrogen) atoms. The highest BCUT2D eigenvalue weighted by Crippen LogP contribution is 2.30. The van der Waals surface area contributed by atoms with Gasteiger partial charge in [0.2, 0.25) is 0 Å². The molecule has 2 aromatic rings. The molecule has 0 bridgehead atoms. The molecule has 0 atom stereocenters. The number of aromatic nitrogens is 3. The summed E-state index contributed by atoms with van der Waals surface area (Å²) in [5.41, 5.74) is 0.397. The molecule has 0 saturated carbocycles. The molecule has 3 heterocycles. The van der Waals surface area contributed by atoms with Crippen molar-refractivity contribution in [2.45, 2.75) is 18.8 Å². The van der Waals surface area contributed by atoms with E-state index < -0.39 is 17.7 Å². The van der Waals surface area contributed by atoms with Crippen molar-refractivity contribution in [3.8, 4) is 5.69 Å². The molecule has 9 heteroatoms. The van der Waals surface area contributed by atoms with Gasteiger partial charge in [0, 0.05) is 38.2 Å². The first-order valence-corrected chi connectivity index (χ1v) is 7.32. The van der Waals surface area contributed by atoms with E-state index in [2.05, 4.69) is 14.8 Å². The minimum Gasteiger partial charge on any atom is -0.464 e. The van der Waals surface area contributed by atoms with Crippen molar-refractivity contribution in [1.29, 1.82) is 0 Å². The number of pyridine rings is 1. The van der Waals surface area contributed by atoms with E-state index in [0.29, 0.717) is 5.69 Å². The summed E-state index contributed by atoms with van der Waals surface area (Å²) in [6, 6.07) is 2.63. The number of hydrogen-bond donors (Lipinski definition) is 0. The number of ether oxygens (including phenoxy) is 1. The van der Waals surface area contributed by atoms with Gasteiger partial charge >= 0.3 is 5.97 Å². The Labute approximate surface area is 135 Å². The Balaban J connectivity index is 1.80. The molecule has 1 fully saturated rings. The van der Waals surface area contributed by atoms with Gasteiger partial charge in [-0.2, -0.15) is 5.10 Å². The van der Waals surface area contributed by atoms with Gasteiger partial charge in [0.05, 0.1) is 19.0 Å². The van der Waals surface area contributed by atoms with Crippen LogP contribution in [0, 0.1) is 5.82 Å². The van der Waals surface area contributed by atoms with Crippen molar-refractivity contribution < 1.29 is 22.7 Å². The van der Waals surface area contributed by atoms with E-state index in [4.69, 9.17) is 0 Å². The van der Waals surface area contributed by atoms with Crippen molar-refractivity contribution in [2.24, 2.45) is 0 Å². The second kappa shape index (κ2) is 6.14. The maximum atomic E-state index is 14.3. The van der Waals surface area contributed by atoms with Crippen LogP contribution in [0.15, 0.2) is 24.5 Å². The highest BCUT2D eigenvalue weighted by molar-refractivity contribution is 5.86. The van der Waals surface area contributed by atoms with Crippen molar-refractivity contribution in [2.75, 3.05) is 25.1 Å². The fourth-order valence-electron chi connectivity index (χ4n) is 2.51. The van der Waals surface area contributed by atoms with Crippen LogP contribution in [0.25, 0.3) is 5.69 Å². The Bertz CT molecular complexity index is 753. The summed E-state index contributed by atoms with van der Waals surface area (Å²) < 4.78 is 46.5. The minimum absolute atomic E-state index is 0.0367. The minimum atomic E-state index is -2.70. The molecular weight excluding hydrogens is 325 g/mol. The fourth-order valence-corrected chi connectivity index (χ4v) is 2.51. The lowest BCUT2D eigenvalue weighted by atomic mass is 10.1. The van der Waals surface area contributed by atoms with Crippen LogP contribution >= 0.6 is 0 Å². The lowest BCUT2D eigenvalue weighted by Gasteiger charge is -2.32. The first kappa shape index (κ1) is 16.3. The van der Waals surface area contributed by atoms with Gasteiger partial charge < -0.3 is 9.64 Å². The third-order valence-corrected chi connectivity index (χ3v) is 3.85. The lowest BCUT2D eigenvalue weighted by Crippen LogP contribution is -2.40. The fraction of sp³-hybridized carbons (Fsp3) is 0.400. The molecule has 0 spiro atoms. The average Bonchev–Trinajstić information content (AvgIpc) is 3.04. The molecule has 6 nitrogen and oxygen atoms in total. The molecule has 3 rings (SSSR count). The summed E-state index contributed by atoms with van der Waals surface area (Å²) in [5.74, 6) is -3.90. The van der Waals surface area contributed by atoms with Gasteiger partial charge in [-0.25, -0.2) is 27.6 Å². The SMILES string of the molecule is COC(=O)c1ccn(-c2cnc(N3CCC(F)(F)CC3)c(F)c2)n1. The second-order valence-corrected chi connectivity index (χ2v) is 5.48. The zero-order valence-corrected chi connectivity index (χ0v) is 12.9. The third kappa shape index (κ3) is 3.19. The second-order valence-electron chi connectivity index (χ2n) is 5.48. The number of esters is 1. The number of hydrogen-bond acceptors (Lipinski definition) is 5. The Morgan fingerprint density at radius 1 is 1.33 bits per heavy atom. The van der Waals surface area contributed by atoms with Gasteiger partial charge in [-0.05, 0) is 6.07 Å². The predicted octanol–water partition coefficient (Wildman–Crippen LogP) is 2.43. The molecule has 0 unspecified atom stereocenters. The zero-order chi connectivity index (χ0) is 17.3. The van der Waals surface area contributed by atoms with Gasteiger partial charge in [0.25, 0.3) is 5.92 Å². The summed E-state index contributed by atoms with van der Waals surface area (Å²) in [4.78, 5) is 16.9. The van der Waals surface area contributed by atoms with E-state index in [1.165, 1.54) is 41.2 Å². The Hall–Kier alpha value is -2.58. The van der Waals surface area contributed by atoms with Crippen molar-refractivity contribution >= 4 is 11.8 Å². The zero-order valence-electron chi connectivity index (χ0n) is 12.9. The van der Waals surface area contributed by atoms with Crippen LogP contribution in [0.4, 0.5) is 19.0 Å². The highest BCUT2D eigenvalue weighted by Gasteiger charge is 2.35. The Kier molecular flexibility index (Phi) is 4.16. The molecule has 128 valence electrons. The van der Waals surface area contributed by atoms with Crippen LogP contribution in [0.5, 0.6) is 0 Å². The van der Waals surface area contributed by atoms with E-state index in [-0.39, 0.29) is 37.4 Å². The largest absolute Gasteiger partial charge is 0.464 e. The number of rotatable bonds is 3. The molecule has 0 amide bonds. The number of methoxy groups -OCH3 is 1. The lowest BCUT2D eigenvalue weighted by molar-refractivity contribution is -0.0222. The standard InChI is InChI=1S/C15H15F3N4O2/c1-24-14(23)12-2-5-22(20-12)10-8-11(16)13(19-9-10)21-6-3-15(17,18)4-7-21/h2,5,8-9H,3-4,6-7H2,1H3. The Morgan fingerprint density at radius 3 is 2.67 bits per heavy atom. The number of anilines is 1. The van der Waals surface area contributed by atoms with E-state index >= 15 is 0 Å². The summed E-state index contributed by atoms with van der Waals surface area (Å²) in [5, 5.41) is 3.98. The normalized spacial score (nSPS) is 16.9. The van der Waals surface area contributed by atoms with E-state index in [0.717, 1.165) is 0 Å². The quantitative estimate of drug-likeness (QED) is 0.803. The molecule has 1 aliphatic heterocycles. The number of halogens is 3. The molecule has 1 saturated heterocycles. The van der Waals surface area contributed by atoms with E-state index in [9.17, 15) is 18.0 Å². The third-order valence-electron chi connectivity index (χ3n) is 3.85. The van der Waals surface area contributed by atoms with E-state index in [1.807, 2.05) is 0 Å². The van der Waals surface area contributed by atoms with Gasteiger partial charge in [0.15, 0.2) is 17.3 Å². The number of alkyl halides is 2. The molecule has 2 aromatic heterocycles. The maximum Gasteiger partial charge on any atom is 0.358 e. The molecule has 0 radical (unpaired) electrons. The smallest absolute Gasteiger partial charge is 0.358 e. The predicted molar refractivity (Wildman–Crippen MR) is 79.1 cm³/mol. The van der Waals surface area contributed by atoms with Gasteiger partial charge in [-0.1, -0.05) is 0 Å². The first-order chi connectivity index (χ1) is 11.4. The number of carbonyl (C=O) groups excluding carboxylic acids is 1. The van der Waals surface area contributed by atoms with Crippen molar-refractivity contribution in [3.05, 3.63) is 36.0 Å². The van der Waals surface area contributed by atoms with Crippen LogP contribution < -0.4 is 4.90 Å². The monoisotopic (exact) mass is 340 g/mol. The van der Waals surface area contributed by atoms with Gasteiger partial charge in [-0.3, -0.25) is 0 Å². The Morgan fingerprint density at radius 2 is 2.04 bits per heavy atom. The molecular formula is C15H15F3N4O2. The highest BCUT2D eigenvalue weighted by atomic mass is 19.3. The molecule has 1 aliphatic rings.